The first-order chi connectivity index (χ1) is 19.7. The number of carbonyl (C=O) groups excluding carboxylic acids is 1. The quantitative estimate of drug-likeness (QED) is 0.302. The Morgan fingerprint density at radius 2 is 1.71 bits per heavy atom. The number of ether oxygens (including phenoxy) is 4. The minimum Gasteiger partial charge on any atom is -0.496 e. The molecule has 218 valence electrons. The van der Waals surface area contributed by atoms with Gasteiger partial charge >= 0.3 is 5.97 Å². The molecule has 0 saturated carbocycles. The van der Waals surface area contributed by atoms with Crippen LogP contribution in [0.3, 0.4) is 0 Å². The van der Waals surface area contributed by atoms with Crippen LogP contribution in [0.2, 0.25) is 0 Å². The topological polar surface area (TPSA) is 91.6 Å². The molecule has 0 N–H and O–H groups in total. The number of carbonyl (C=O) groups is 1. The Balaban J connectivity index is 1.97. The summed E-state index contributed by atoms with van der Waals surface area (Å²) in [6.07, 6.45) is 1.80. The van der Waals surface area contributed by atoms with Gasteiger partial charge in [-0.15, -0.1) is 0 Å². The number of rotatable bonds is 10. The van der Waals surface area contributed by atoms with Crippen LogP contribution < -0.4 is 34.0 Å². The summed E-state index contributed by atoms with van der Waals surface area (Å²) >= 11 is 4.88. The largest absolute Gasteiger partial charge is 0.496 e. The molecule has 3 aromatic rings. The Bertz CT molecular complexity index is 1670. The lowest BCUT2D eigenvalue weighted by Gasteiger charge is -2.26. The monoisotopic (exact) mass is 643 g/mol. The van der Waals surface area contributed by atoms with Crippen LogP contribution in [-0.4, -0.2) is 51.6 Å². The molecular weight excluding hydrogens is 610 g/mol. The van der Waals surface area contributed by atoms with Crippen molar-refractivity contribution in [2.45, 2.75) is 33.7 Å². The van der Waals surface area contributed by atoms with Gasteiger partial charge < -0.3 is 23.8 Å². The normalized spacial score (nSPS) is 14.8. The number of anilines is 1. The van der Waals surface area contributed by atoms with Crippen LogP contribution in [0.15, 0.2) is 55.9 Å². The second-order valence-corrected chi connectivity index (χ2v) is 11.0. The summed E-state index contributed by atoms with van der Waals surface area (Å²) in [5.41, 5.74) is 2.90. The van der Waals surface area contributed by atoms with E-state index in [2.05, 4.69) is 39.7 Å². The first-order valence-corrected chi connectivity index (χ1v) is 14.9. The number of methoxy groups -OCH3 is 3. The van der Waals surface area contributed by atoms with E-state index in [0.717, 1.165) is 24.3 Å². The van der Waals surface area contributed by atoms with Gasteiger partial charge in [-0.05, 0) is 63.6 Å². The van der Waals surface area contributed by atoms with E-state index in [1.165, 1.54) is 18.4 Å². The van der Waals surface area contributed by atoms with E-state index < -0.39 is 12.0 Å². The van der Waals surface area contributed by atoms with E-state index in [1.807, 2.05) is 18.2 Å². The van der Waals surface area contributed by atoms with Crippen molar-refractivity contribution in [3.8, 4) is 17.2 Å². The number of halogens is 1. The van der Waals surface area contributed by atoms with E-state index in [1.54, 1.807) is 50.8 Å². The van der Waals surface area contributed by atoms with E-state index in [9.17, 15) is 9.59 Å². The van der Waals surface area contributed by atoms with Gasteiger partial charge in [0.15, 0.2) is 16.3 Å². The van der Waals surface area contributed by atoms with Gasteiger partial charge in [0.25, 0.3) is 5.56 Å². The highest BCUT2D eigenvalue weighted by molar-refractivity contribution is 9.10. The summed E-state index contributed by atoms with van der Waals surface area (Å²) in [4.78, 5) is 34.7. The fourth-order valence-corrected chi connectivity index (χ4v) is 6.49. The lowest BCUT2D eigenvalue weighted by molar-refractivity contribution is -0.139. The smallest absolute Gasteiger partial charge is 0.338 e. The third-order valence-electron chi connectivity index (χ3n) is 6.95. The fourth-order valence-electron chi connectivity index (χ4n) is 4.91. The first-order valence-electron chi connectivity index (χ1n) is 13.3. The molecule has 41 heavy (non-hydrogen) atoms. The maximum Gasteiger partial charge on any atom is 0.338 e. The van der Waals surface area contributed by atoms with Crippen molar-refractivity contribution in [3.05, 3.63) is 76.9 Å². The molecule has 1 aromatic heterocycles. The van der Waals surface area contributed by atoms with Crippen molar-refractivity contribution in [1.82, 2.24) is 4.57 Å². The molecule has 9 nitrogen and oxygen atoms in total. The fraction of sp³-hybridized carbons (Fsp3) is 0.367. The van der Waals surface area contributed by atoms with Gasteiger partial charge in [-0.3, -0.25) is 9.36 Å². The first kappa shape index (κ1) is 30.4. The zero-order chi connectivity index (χ0) is 29.8. The number of hydrogen-bond acceptors (Lipinski definition) is 9. The number of esters is 1. The summed E-state index contributed by atoms with van der Waals surface area (Å²) in [5.74, 6) is 1.09. The van der Waals surface area contributed by atoms with Gasteiger partial charge in [0.1, 0.15) is 5.75 Å². The standard InChI is InChI=1S/C30H34BrN3O6S/c1-8-33(9-2)19-12-11-18(22(14-19)37-5)13-25-28(35)34-27(20-15-23(38-6)24(39-7)16-21(20)31)26(29(36)40-10-3)17(4)32-30(34)41-25/h11-16,27H,8-10H2,1-7H3/b25-13+/t27-/m0/s1. The van der Waals surface area contributed by atoms with Gasteiger partial charge in [-0.2, -0.15) is 0 Å². The number of benzene rings is 2. The van der Waals surface area contributed by atoms with Crippen LogP contribution in [0.5, 0.6) is 17.2 Å². The number of nitrogens with zero attached hydrogens (tertiary/aromatic N) is 3. The molecule has 2 aromatic carbocycles. The molecule has 2 heterocycles. The highest BCUT2D eigenvalue weighted by Gasteiger charge is 2.35. The molecule has 0 bridgehead atoms. The summed E-state index contributed by atoms with van der Waals surface area (Å²) in [6.45, 7) is 9.61. The van der Waals surface area contributed by atoms with Gasteiger partial charge in [-0.1, -0.05) is 27.3 Å². The van der Waals surface area contributed by atoms with Crippen LogP contribution in [0.1, 0.15) is 44.9 Å². The maximum atomic E-state index is 14.1. The van der Waals surface area contributed by atoms with Crippen molar-refractivity contribution < 1.29 is 23.7 Å². The molecule has 0 spiro atoms. The van der Waals surface area contributed by atoms with Crippen molar-refractivity contribution in [3.63, 3.8) is 0 Å². The summed E-state index contributed by atoms with van der Waals surface area (Å²) < 4.78 is 24.8. The van der Waals surface area contributed by atoms with Gasteiger partial charge in [-0.25, -0.2) is 9.79 Å². The van der Waals surface area contributed by atoms with E-state index in [4.69, 9.17) is 18.9 Å². The van der Waals surface area contributed by atoms with Crippen LogP contribution in [0, 0.1) is 0 Å². The second-order valence-electron chi connectivity index (χ2n) is 9.13. The number of thiazole rings is 1. The molecule has 0 fully saturated rings. The maximum absolute atomic E-state index is 14.1. The molecule has 1 aliphatic rings. The predicted octanol–water partition coefficient (Wildman–Crippen LogP) is 4.43. The Labute approximate surface area is 251 Å². The van der Waals surface area contributed by atoms with Crippen LogP contribution >= 0.6 is 27.3 Å². The molecule has 11 heteroatoms. The van der Waals surface area contributed by atoms with E-state index >= 15 is 0 Å². The number of hydrogen-bond donors (Lipinski definition) is 0. The van der Waals surface area contributed by atoms with Crippen molar-refractivity contribution in [2.24, 2.45) is 4.99 Å². The number of fused-ring (bicyclic) bond motifs is 1. The SMILES string of the molecule is CCOC(=O)C1=C(C)N=c2s/c(=C/c3ccc(N(CC)CC)cc3OC)c(=O)n2[C@H]1c1cc(OC)c(OC)cc1Br. The Hall–Kier alpha value is -3.57. The van der Waals surface area contributed by atoms with Gasteiger partial charge in [0.2, 0.25) is 0 Å². The lowest BCUT2D eigenvalue weighted by atomic mass is 9.95. The van der Waals surface area contributed by atoms with Crippen LogP contribution in [0.25, 0.3) is 6.08 Å². The van der Waals surface area contributed by atoms with Crippen LogP contribution in [-0.2, 0) is 9.53 Å². The zero-order valence-electron chi connectivity index (χ0n) is 24.2. The molecule has 0 saturated heterocycles. The third kappa shape index (κ3) is 5.78. The predicted molar refractivity (Wildman–Crippen MR) is 164 cm³/mol. The molecule has 4 rings (SSSR count). The molecular formula is C30H34BrN3O6S. The highest BCUT2D eigenvalue weighted by Crippen LogP contribution is 2.40. The lowest BCUT2D eigenvalue weighted by Crippen LogP contribution is -2.40. The molecule has 0 unspecified atom stereocenters. The Morgan fingerprint density at radius 3 is 2.32 bits per heavy atom. The average molecular weight is 645 g/mol. The zero-order valence-corrected chi connectivity index (χ0v) is 26.6. The Morgan fingerprint density at radius 1 is 1.05 bits per heavy atom. The summed E-state index contributed by atoms with van der Waals surface area (Å²) in [7, 11) is 4.70. The highest BCUT2D eigenvalue weighted by atomic mass is 79.9. The third-order valence-corrected chi connectivity index (χ3v) is 8.62. The minimum atomic E-state index is -0.812. The summed E-state index contributed by atoms with van der Waals surface area (Å²) in [5, 5.41) is 0. The molecule has 1 aliphatic heterocycles. The number of aromatic nitrogens is 1. The van der Waals surface area contributed by atoms with Crippen molar-refractivity contribution >= 4 is 45.0 Å². The van der Waals surface area contributed by atoms with Gasteiger partial charge in [0.05, 0.1) is 49.8 Å². The Kier molecular flexibility index (Phi) is 9.60. The summed E-state index contributed by atoms with van der Waals surface area (Å²) in [6, 6.07) is 8.64. The number of allylic oxidation sites excluding steroid dienone is 1. The molecule has 0 radical (unpaired) electrons. The van der Waals surface area contributed by atoms with Crippen molar-refractivity contribution in [2.75, 3.05) is 45.9 Å². The van der Waals surface area contributed by atoms with Crippen molar-refractivity contribution in [1.29, 1.82) is 0 Å². The minimum absolute atomic E-state index is 0.184. The average Bonchev–Trinajstić information content (AvgIpc) is 3.27. The van der Waals surface area contributed by atoms with E-state index in [0.29, 0.717) is 42.3 Å². The molecule has 0 aliphatic carbocycles. The second kappa shape index (κ2) is 12.9. The van der Waals surface area contributed by atoms with Gasteiger partial charge in [0, 0.05) is 34.9 Å². The van der Waals surface area contributed by atoms with Crippen LogP contribution in [0.4, 0.5) is 5.69 Å². The molecule has 1 atom stereocenters. The van der Waals surface area contributed by atoms with E-state index in [-0.39, 0.29) is 17.7 Å². The molecule has 0 amide bonds.